The zero-order valence-corrected chi connectivity index (χ0v) is 16.0. The van der Waals surface area contributed by atoms with Crippen LogP contribution in [0.1, 0.15) is 24.3 Å². The van der Waals surface area contributed by atoms with Crippen molar-refractivity contribution in [2.24, 2.45) is 5.92 Å². The van der Waals surface area contributed by atoms with Crippen molar-refractivity contribution >= 4 is 33.3 Å². The van der Waals surface area contributed by atoms with Crippen LogP contribution in [0.5, 0.6) is 0 Å². The quantitative estimate of drug-likeness (QED) is 0.665. The number of nitrogens with zero attached hydrogens (tertiary/aromatic N) is 4. The van der Waals surface area contributed by atoms with E-state index in [0.717, 1.165) is 55.1 Å². The second-order valence-corrected chi connectivity index (χ2v) is 7.91. The van der Waals surface area contributed by atoms with Crippen LogP contribution in [0.3, 0.4) is 0 Å². The van der Waals surface area contributed by atoms with Crippen molar-refractivity contribution in [2.75, 3.05) is 24.5 Å². The molecule has 0 aliphatic carbocycles. The molecule has 0 unspecified atom stereocenters. The number of amides is 1. The summed E-state index contributed by atoms with van der Waals surface area (Å²) in [6.45, 7) is 2.41. The molecule has 0 radical (unpaired) electrons. The Labute approximate surface area is 162 Å². The molecule has 1 N–H and O–H groups in total. The predicted octanol–water partition coefficient (Wildman–Crippen LogP) is 3.05. The monoisotopic (exact) mass is 381 g/mol. The van der Waals surface area contributed by atoms with Gasteiger partial charge in [-0.05, 0) is 31.4 Å². The summed E-state index contributed by atoms with van der Waals surface area (Å²) < 4.78 is 1.23. The molecule has 1 aliphatic heterocycles. The van der Waals surface area contributed by atoms with Crippen LogP contribution in [0.4, 0.5) is 5.82 Å². The molecule has 1 saturated heterocycles. The number of para-hydroxylation sites is 1. The summed E-state index contributed by atoms with van der Waals surface area (Å²) in [6.07, 6.45) is 8.72. The zero-order valence-electron chi connectivity index (χ0n) is 15.2. The minimum atomic E-state index is 0.0976. The molecule has 3 heterocycles. The number of piperidine rings is 1. The molecule has 2 aromatic heterocycles. The van der Waals surface area contributed by atoms with Crippen molar-refractivity contribution in [1.82, 2.24) is 20.3 Å². The van der Waals surface area contributed by atoms with Gasteiger partial charge in [0.1, 0.15) is 5.82 Å². The Kier molecular flexibility index (Phi) is 5.58. The predicted molar refractivity (Wildman–Crippen MR) is 108 cm³/mol. The number of carbonyl (C=O) groups is 1. The molecular formula is C20H23N5OS. The molecule has 0 spiro atoms. The van der Waals surface area contributed by atoms with Crippen LogP contribution < -0.4 is 10.2 Å². The summed E-state index contributed by atoms with van der Waals surface area (Å²) in [5.74, 6) is 1.17. The summed E-state index contributed by atoms with van der Waals surface area (Å²) in [7, 11) is 0. The van der Waals surface area contributed by atoms with Crippen LogP contribution in [-0.2, 0) is 11.2 Å². The molecule has 7 heteroatoms. The number of rotatable bonds is 6. The maximum absolute atomic E-state index is 12.4. The topological polar surface area (TPSA) is 71.0 Å². The first-order chi connectivity index (χ1) is 13.3. The van der Waals surface area contributed by atoms with Crippen LogP contribution in [0.2, 0.25) is 0 Å². The fraction of sp³-hybridized carbons (Fsp3) is 0.400. The van der Waals surface area contributed by atoms with E-state index in [0.29, 0.717) is 6.54 Å². The van der Waals surface area contributed by atoms with Gasteiger partial charge in [0.15, 0.2) is 0 Å². The Morgan fingerprint density at radius 3 is 2.85 bits per heavy atom. The third kappa shape index (κ3) is 4.42. The Balaban J connectivity index is 1.19. The molecule has 140 valence electrons. The molecule has 0 saturated carbocycles. The number of aromatic nitrogens is 3. The van der Waals surface area contributed by atoms with Crippen molar-refractivity contribution in [1.29, 1.82) is 0 Å². The minimum absolute atomic E-state index is 0.0976. The van der Waals surface area contributed by atoms with E-state index in [-0.39, 0.29) is 11.8 Å². The lowest BCUT2D eigenvalue weighted by atomic mass is 9.96. The number of fused-ring (bicyclic) bond motifs is 1. The van der Waals surface area contributed by atoms with Gasteiger partial charge in [0.05, 0.1) is 21.4 Å². The number of benzene rings is 1. The summed E-state index contributed by atoms with van der Waals surface area (Å²) in [4.78, 5) is 27.7. The summed E-state index contributed by atoms with van der Waals surface area (Å²) in [6, 6.07) is 8.21. The SMILES string of the molecule is O=C(NCCCc1nc2ccccc2s1)C1CCN(c2cnccn2)CC1. The number of carbonyl (C=O) groups excluding carboxylic acids is 1. The van der Waals surface area contributed by atoms with E-state index in [9.17, 15) is 4.79 Å². The average Bonchev–Trinajstić information content (AvgIpc) is 3.15. The largest absolute Gasteiger partial charge is 0.356 e. The third-order valence-electron chi connectivity index (χ3n) is 4.94. The fourth-order valence-electron chi connectivity index (χ4n) is 3.45. The highest BCUT2D eigenvalue weighted by Crippen LogP contribution is 2.23. The molecule has 6 nitrogen and oxygen atoms in total. The minimum Gasteiger partial charge on any atom is -0.356 e. The van der Waals surface area contributed by atoms with Crippen LogP contribution in [0, 0.1) is 5.92 Å². The van der Waals surface area contributed by atoms with Crippen molar-refractivity contribution in [2.45, 2.75) is 25.7 Å². The summed E-state index contributed by atoms with van der Waals surface area (Å²) >= 11 is 1.74. The lowest BCUT2D eigenvalue weighted by Gasteiger charge is -2.31. The van der Waals surface area contributed by atoms with Gasteiger partial charge in [-0.2, -0.15) is 0 Å². The highest BCUT2D eigenvalue weighted by Gasteiger charge is 2.25. The van der Waals surface area contributed by atoms with Crippen LogP contribution >= 0.6 is 11.3 Å². The van der Waals surface area contributed by atoms with Gasteiger partial charge < -0.3 is 10.2 Å². The van der Waals surface area contributed by atoms with Crippen molar-refractivity contribution in [3.8, 4) is 0 Å². The molecule has 1 amide bonds. The maximum Gasteiger partial charge on any atom is 0.223 e. The standard InChI is InChI=1S/C20H23N5OS/c26-20(15-7-12-25(13-8-15)18-14-21-10-11-22-18)23-9-3-6-19-24-16-4-1-2-5-17(16)27-19/h1-2,4-5,10-11,14-15H,3,6-9,12-13H2,(H,23,26). The molecule has 1 aromatic carbocycles. The molecule has 0 bridgehead atoms. The van der Waals surface area contributed by atoms with Gasteiger partial charge in [0.25, 0.3) is 0 Å². The smallest absolute Gasteiger partial charge is 0.223 e. The van der Waals surface area contributed by atoms with Gasteiger partial charge in [-0.25, -0.2) is 9.97 Å². The maximum atomic E-state index is 12.4. The molecule has 4 rings (SSSR count). The van der Waals surface area contributed by atoms with E-state index < -0.39 is 0 Å². The Morgan fingerprint density at radius 1 is 1.22 bits per heavy atom. The number of thiazole rings is 1. The fourth-order valence-corrected chi connectivity index (χ4v) is 4.46. The highest BCUT2D eigenvalue weighted by atomic mass is 32.1. The van der Waals surface area contributed by atoms with Crippen LogP contribution in [0.15, 0.2) is 42.9 Å². The normalized spacial score (nSPS) is 15.2. The van der Waals surface area contributed by atoms with Gasteiger partial charge in [0, 0.05) is 44.4 Å². The van der Waals surface area contributed by atoms with Crippen molar-refractivity contribution < 1.29 is 4.79 Å². The van der Waals surface area contributed by atoms with Crippen molar-refractivity contribution in [3.05, 3.63) is 47.9 Å². The number of anilines is 1. The number of hydrogen-bond donors (Lipinski definition) is 1. The lowest BCUT2D eigenvalue weighted by molar-refractivity contribution is -0.125. The molecule has 1 fully saturated rings. The van der Waals surface area contributed by atoms with Gasteiger partial charge in [-0.3, -0.25) is 9.78 Å². The second-order valence-electron chi connectivity index (χ2n) is 6.79. The van der Waals surface area contributed by atoms with E-state index in [1.807, 2.05) is 18.2 Å². The molecular weight excluding hydrogens is 358 g/mol. The number of hydrogen-bond acceptors (Lipinski definition) is 6. The van der Waals surface area contributed by atoms with Crippen molar-refractivity contribution in [3.63, 3.8) is 0 Å². The number of nitrogens with one attached hydrogen (secondary N) is 1. The third-order valence-corrected chi connectivity index (χ3v) is 6.04. The first-order valence-electron chi connectivity index (χ1n) is 9.43. The zero-order chi connectivity index (χ0) is 18.5. The van der Waals surface area contributed by atoms with E-state index in [1.54, 1.807) is 29.9 Å². The van der Waals surface area contributed by atoms with Crippen LogP contribution in [0.25, 0.3) is 10.2 Å². The van der Waals surface area contributed by atoms with Gasteiger partial charge in [-0.15, -0.1) is 11.3 Å². The summed E-state index contributed by atoms with van der Waals surface area (Å²) in [5, 5.41) is 4.24. The highest BCUT2D eigenvalue weighted by molar-refractivity contribution is 7.18. The first-order valence-corrected chi connectivity index (χ1v) is 10.2. The van der Waals surface area contributed by atoms with E-state index in [2.05, 4.69) is 31.2 Å². The lowest BCUT2D eigenvalue weighted by Crippen LogP contribution is -2.41. The van der Waals surface area contributed by atoms with E-state index in [4.69, 9.17) is 0 Å². The van der Waals surface area contributed by atoms with Gasteiger partial charge >= 0.3 is 0 Å². The average molecular weight is 382 g/mol. The first kappa shape index (κ1) is 17.9. The Morgan fingerprint density at radius 2 is 2.07 bits per heavy atom. The number of aryl methyl sites for hydroxylation is 1. The Bertz CT molecular complexity index is 857. The second kappa shape index (κ2) is 8.43. The molecule has 27 heavy (non-hydrogen) atoms. The van der Waals surface area contributed by atoms with E-state index in [1.165, 1.54) is 4.70 Å². The summed E-state index contributed by atoms with van der Waals surface area (Å²) in [5.41, 5.74) is 1.07. The molecule has 1 aliphatic rings. The van der Waals surface area contributed by atoms with Crippen LogP contribution in [-0.4, -0.2) is 40.5 Å². The Hall–Kier alpha value is -2.54. The van der Waals surface area contributed by atoms with Gasteiger partial charge in [0.2, 0.25) is 5.91 Å². The molecule has 0 atom stereocenters. The molecule has 3 aromatic rings. The van der Waals surface area contributed by atoms with Gasteiger partial charge in [-0.1, -0.05) is 12.1 Å². The van der Waals surface area contributed by atoms with E-state index >= 15 is 0 Å².